The lowest BCUT2D eigenvalue weighted by Gasteiger charge is -2.12. The van der Waals surface area contributed by atoms with Crippen LogP contribution in [-0.4, -0.2) is 16.2 Å². The third-order valence-electron chi connectivity index (χ3n) is 3.63. The van der Waals surface area contributed by atoms with Gasteiger partial charge in [-0.1, -0.05) is 35.5 Å². The van der Waals surface area contributed by atoms with Crippen molar-refractivity contribution in [3.05, 3.63) is 59.5 Å². The predicted octanol–water partition coefficient (Wildman–Crippen LogP) is 4.31. The number of hydrogen-bond donors (Lipinski definition) is 2. The van der Waals surface area contributed by atoms with Gasteiger partial charge in [-0.25, -0.2) is 4.79 Å². The first-order valence-electron chi connectivity index (χ1n) is 7.58. The van der Waals surface area contributed by atoms with E-state index >= 15 is 0 Å². The molecule has 3 aromatic rings. The second kappa shape index (κ2) is 6.54. The third kappa shape index (κ3) is 3.43. The number of nitrogens with one attached hydrogen (secondary N) is 2. The molecule has 1 aromatic heterocycles. The lowest BCUT2D eigenvalue weighted by atomic mass is 10.1. The smallest absolute Gasteiger partial charge is 0.323 e. The number of urea groups is 1. The standard InChI is InChI=1S/C18H18N4O2/c1-11-6-4-7-12(2)16(11)21-18(23)20-15-9-5-8-14(10-15)17-19-13(3)24-22-17/h4-10H,1-3H3,(H2,20,21,23). The number of aryl methyl sites for hydroxylation is 3. The van der Waals surface area contributed by atoms with Crippen molar-refractivity contribution in [3.8, 4) is 11.4 Å². The number of benzene rings is 2. The lowest BCUT2D eigenvalue weighted by Crippen LogP contribution is -2.20. The molecule has 0 saturated heterocycles. The van der Waals surface area contributed by atoms with E-state index in [1.54, 1.807) is 19.1 Å². The van der Waals surface area contributed by atoms with E-state index in [2.05, 4.69) is 20.8 Å². The van der Waals surface area contributed by atoms with E-state index in [0.29, 0.717) is 17.4 Å². The number of carbonyl (C=O) groups is 1. The molecule has 2 aromatic carbocycles. The molecule has 6 heteroatoms. The molecule has 0 unspecified atom stereocenters. The van der Waals surface area contributed by atoms with E-state index in [4.69, 9.17) is 4.52 Å². The van der Waals surface area contributed by atoms with Crippen LogP contribution in [0.5, 0.6) is 0 Å². The fraction of sp³-hybridized carbons (Fsp3) is 0.167. The van der Waals surface area contributed by atoms with E-state index < -0.39 is 0 Å². The van der Waals surface area contributed by atoms with Gasteiger partial charge in [-0.2, -0.15) is 4.98 Å². The van der Waals surface area contributed by atoms with Crippen molar-refractivity contribution in [3.63, 3.8) is 0 Å². The van der Waals surface area contributed by atoms with Gasteiger partial charge in [0.1, 0.15) is 0 Å². The van der Waals surface area contributed by atoms with Crippen LogP contribution in [0.25, 0.3) is 11.4 Å². The molecular formula is C18H18N4O2. The Kier molecular flexibility index (Phi) is 4.29. The Hall–Kier alpha value is -3.15. The minimum atomic E-state index is -0.297. The SMILES string of the molecule is Cc1nc(-c2cccc(NC(=O)Nc3c(C)cccc3C)c2)no1. The Labute approximate surface area is 139 Å². The van der Waals surface area contributed by atoms with Gasteiger partial charge in [0.2, 0.25) is 11.7 Å². The fourth-order valence-corrected chi connectivity index (χ4v) is 2.44. The minimum absolute atomic E-state index is 0.297. The molecule has 24 heavy (non-hydrogen) atoms. The Morgan fingerprint density at radius 2 is 1.71 bits per heavy atom. The van der Waals surface area contributed by atoms with Crippen molar-refractivity contribution >= 4 is 17.4 Å². The summed E-state index contributed by atoms with van der Waals surface area (Å²) >= 11 is 0. The summed E-state index contributed by atoms with van der Waals surface area (Å²) in [5.74, 6) is 0.988. The van der Waals surface area contributed by atoms with Crippen LogP contribution in [-0.2, 0) is 0 Å². The lowest BCUT2D eigenvalue weighted by molar-refractivity contribution is 0.262. The van der Waals surface area contributed by atoms with Crippen molar-refractivity contribution in [1.29, 1.82) is 0 Å². The number of nitrogens with zero attached hydrogens (tertiary/aromatic N) is 2. The van der Waals surface area contributed by atoms with E-state index in [9.17, 15) is 4.79 Å². The highest BCUT2D eigenvalue weighted by Crippen LogP contribution is 2.22. The van der Waals surface area contributed by atoms with Crippen molar-refractivity contribution in [1.82, 2.24) is 10.1 Å². The highest BCUT2D eigenvalue weighted by atomic mass is 16.5. The number of rotatable bonds is 3. The van der Waals surface area contributed by atoms with Gasteiger partial charge in [-0.15, -0.1) is 0 Å². The topological polar surface area (TPSA) is 80.0 Å². The first-order chi connectivity index (χ1) is 11.5. The summed E-state index contributed by atoms with van der Waals surface area (Å²) in [6.45, 7) is 5.65. The maximum Gasteiger partial charge on any atom is 0.323 e. The van der Waals surface area contributed by atoms with Crippen LogP contribution in [0.15, 0.2) is 47.0 Å². The van der Waals surface area contributed by atoms with E-state index in [0.717, 1.165) is 22.4 Å². The van der Waals surface area contributed by atoms with Gasteiger partial charge < -0.3 is 15.2 Å². The molecule has 0 radical (unpaired) electrons. The van der Waals surface area contributed by atoms with Crippen LogP contribution >= 0.6 is 0 Å². The Balaban J connectivity index is 1.75. The van der Waals surface area contributed by atoms with Crippen molar-refractivity contribution in [2.45, 2.75) is 20.8 Å². The van der Waals surface area contributed by atoms with Crippen LogP contribution in [0.1, 0.15) is 17.0 Å². The molecule has 0 fully saturated rings. The molecule has 0 bridgehead atoms. The molecule has 0 aliphatic rings. The number of hydrogen-bond acceptors (Lipinski definition) is 4. The molecule has 0 aliphatic carbocycles. The molecule has 6 nitrogen and oxygen atoms in total. The number of carbonyl (C=O) groups excluding carboxylic acids is 1. The zero-order valence-electron chi connectivity index (χ0n) is 13.8. The average molecular weight is 322 g/mol. The second-order valence-corrected chi connectivity index (χ2v) is 5.56. The molecule has 2 amide bonds. The zero-order valence-corrected chi connectivity index (χ0v) is 13.8. The number of para-hydroxylation sites is 1. The Morgan fingerprint density at radius 3 is 2.38 bits per heavy atom. The van der Waals surface area contributed by atoms with Gasteiger partial charge in [0, 0.05) is 23.9 Å². The second-order valence-electron chi connectivity index (χ2n) is 5.56. The Bertz CT molecular complexity index is 866. The van der Waals surface area contributed by atoms with Crippen molar-refractivity contribution in [2.75, 3.05) is 10.6 Å². The molecule has 1 heterocycles. The average Bonchev–Trinajstić information content (AvgIpc) is 2.98. The van der Waals surface area contributed by atoms with Gasteiger partial charge in [-0.3, -0.25) is 0 Å². The fourth-order valence-electron chi connectivity index (χ4n) is 2.44. The molecule has 0 aliphatic heterocycles. The van der Waals surface area contributed by atoms with Gasteiger partial charge in [0.15, 0.2) is 0 Å². The maximum absolute atomic E-state index is 12.3. The summed E-state index contributed by atoms with van der Waals surface area (Å²) in [6, 6.07) is 12.9. The number of anilines is 2. The van der Waals surface area contributed by atoms with Crippen LogP contribution in [0.4, 0.5) is 16.2 Å². The van der Waals surface area contributed by atoms with E-state index in [1.165, 1.54) is 0 Å². The van der Waals surface area contributed by atoms with Gasteiger partial charge in [-0.05, 0) is 37.1 Å². The maximum atomic E-state index is 12.3. The molecule has 0 spiro atoms. The van der Waals surface area contributed by atoms with Gasteiger partial charge >= 0.3 is 6.03 Å². The summed E-state index contributed by atoms with van der Waals surface area (Å²) in [6.07, 6.45) is 0. The summed E-state index contributed by atoms with van der Waals surface area (Å²) < 4.78 is 4.98. The van der Waals surface area contributed by atoms with Crippen molar-refractivity contribution in [2.24, 2.45) is 0 Å². The molecule has 3 rings (SSSR count). The Morgan fingerprint density at radius 1 is 1.00 bits per heavy atom. The molecule has 122 valence electrons. The van der Waals surface area contributed by atoms with Gasteiger partial charge in [0.25, 0.3) is 0 Å². The van der Waals surface area contributed by atoms with Crippen molar-refractivity contribution < 1.29 is 9.32 Å². The highest BCUT2D eigenvalue weighted by molar-refractivity contribution is 6.01. The number of aromatic nitrogens is 2. The van der Waals surface area contributed by atoms with Gasteiger partial charge in [0.05, 0.1) is 0 Å². The molecule has 0 atom stereocenters. The molecule has 2 N–H and O–H groups in total. The summed E-state index contributed by atoms with van der Waals surface area (Å²) in [7, 11) is 0. The van der Waals surface area contributed by atoms with Crippen LogP contribution < -0.4 is 10.6 Å². The quantitative estimate of drug-likeness (QED) is 0.753. The first-order valence-corrected chi connectivity index (χ1v) is 7.58. The van der Waals surface area contributed by atoms with Crippen LogP contribution in [0, 0.1) is 20.8 Å². The van der Waals surface area contributed by atoms with E-state index in [-0.39, 0.29) is 6.03 Å². The summed E-state index contributed by atoms with van der Waals surface area (Å²) in [5, 5.41) is 9.60. The minimum Gasteiger partial charge on any atom is -0.339 e. The summed E-state index contributed by atoms with van der Waals surface area (Å²) in [5.41, 5.74) is 4.28. The number of amides is 2. The first kappa shape index (κ1) is 15.7. The molecule has 0 saturated carbocycles. The van der Waals surface area contributed by atoms with Crippen LogP contribution in [0.2, 0.25) is 0 Å². The third-order valence-corrected chi connectivity index (χ3v) is 3.63. The normalized spacial score (nSPS) is 10.5. The highest BCUT2D eigenvalue weighted by Gasteiger charge is 2.10. The van der Waals surface area contributed by atoms with Crippen LogP contribution in [0.3, 0.4) is 0 Å². The zero-order chi connectivity index (χ0) is 17.1. The predicted molar refractivity (Wildman–Crippen MR) is 93.0 cm³/mol. The van der Waals surface area contributed by atoms with E-state index in [1.807, 2.05) is 44.2 Å². The monoisotopic (exact) mass is 322 g/mol. The summed E-state index contributed by atoms with van der Waals surface area (Å²) in [4.78, 5) is 16.5. The molecular weight excluding hydrogens is 304 g/mol. The largest absolute Gasteiger partial charge is 0.339 e.